The summed E-state index contributed by atoms with van der Waals surface area (Å²) < 4.78 is 0. The van der Waals surface area contributed by atoms with Crippen molar-refractivity contribution >= 4 is 0 Å². The molecule has 0 radical (unpaired) electrons. The summed E-state index contributed by atoms with van der Waals surface area (Å²) in [5.41, 5.74) is 0. The van der Waals surface area contributed by atoms with Crippen LogP contribution in [0.25, 0.3) is 0 Å². The Hall–Kier alpha value is 0.688. The van der Waals surface area contributed by atoms with E-state index in [0.717, 1.165) is 6.42 Å². The molecule has 0 amide bonds. The summed E-state index contributed by atoms with van der Waals surface area (Å²) >= 11 is 0. The topological polar surface area (TPSA) is 0 Å². The zero-order valence-corrected chi connectivity index (χ0v) is 13.5. The average Bonchev–Trinajstić information content (AvgIpc) is 2.26. The first-order valence-electron chi connectivity index (χ1n) is 7.21. The normalized spacial score (nSPS) is 10.1. The first-order valence-corrected chi connectivity index (χ1v) is 7.21. The SMILES string of the molecule is [CH2-]CCCCCCCCCCCCCC.[Pt]. The minimum atomic E-state index is 0. The standard InChI is InChI=1S/C15H31.Pt/c1-3-5-7-9-11-13-15-14-12-10-8-6-4-2;/h1,3-15H2,2H3;/q-1;. The Morgan fingerprint density at radius 3 is 1.19 bits per heavy atom. The van der Waals surface area contributed by atoms with E-state index in [1.54, 1.807) is 0 Å². The van der Waals surface area contributed by atoms with Gasteiger partial charge >= 0.3 is 0 Å². The van der Waals surface area contributed by atoms with Gasteiger partial charge < -0.3 is 6.92 Å². The summed E-state index contributed by atoms with van der Waals surface area (Å²) in [7, 11) is 0. The van der Waals surface area contributed by atoms with Crippen molar-refractivity contribution in [3.8, 4) is 0 Å². The predicted octanol–water partition coefficient (Wildman–Crippen LogP) is 5.91. The van der Waals surface area contributed by atoms with Crippen LogP contribution in [0.4, 0.5) is 0 Å². The van der Waals surface area contributed by atoms with Crippen molar-refractivity contribution in [1.29, 1.82) is 0 Å². The molecule has 0 saturated carbocycles. The van der Waals surface area contributed by atoms with Gasteiger partial charge in [0.1, 0.15) is 0 Å². The molecule has 0 fully saturated rings. The van der Waals surface area contributed by atoms with E-state index < -0.39 is 0 Å². The van der Waals surface area contributed by atoms with Crippen LogP contribution >= 0.6 is 0 Å². The smallest absolute Gasteiger partial charge is 0 e. The molecule has 0 spiro atoms. The first kappa shape index (κ1) is 19.0. The molecule has 0 aliphatic rings. The molecule has 0 aliphatic carbocycles. The van der Waals surface area contributed by atoms with Gasteiger partial charge in [0.25, 0.3) is 0 Å². The third kappa shape index (κ3) is 17.1. The fourth-order valence-electron chi connectivity index (χ4n) is 2.02. The average molecular weight is 406 g/mol. The van der Waals surface area contributed by atoms with Crippen LogP contribution in [0.15, 0.2) is 0 Å². The van der Waals surface area contributed by atoms with E-state index in [-0.39, 0.29) is 21.1 Å². The van der Waals surface area contributed by atoms with Crippen LogP contribution in [-0.4, -0.2) is 0 Å². The second kappa shape index (κ2) is 18.1. The minimum Gasteiger partial charge on any atom is -0.343 e. The summed E-state index contributed by atoms with van der Waals surface area (Å²) in [6.07, 6.45) is 18.3. The fraction of sp³-hybridized carbons (Fsp3) is 0.933. The molecule has 102 valence electrons. The molecule has 0 aromatic rings. The Morgan fingerprint density at radius 1 is 0.562 bits per heavy atom. The quantitative estimate of drug-likeness (QED) is 0.279. The molecule has 0 nitrogen and oxygen atoms in total. The molecule has 0 heterocycles. The van der Waals surface area contributed by atoms with Crippen LogP contribution in [-0.2, 0) is 21.1 Å². The molecule has 0 saturated heterocycles. The molecule has 0 bridgehead atoms. The Bertz CT molecular complexity index is 89.6. The zero-order chi connectivity index (χ0) is 11.2. The van der Waals surface area contributed by atoms with Crippen molar-refractivity contribution in [2.24, 2.45) is 0 Å². The van der Waals surface area contributed by atoms with Crippen molar-refractivity contribution in [2.45, 2.75) is 90.4 Å². The molecular weight excluding hydrogens is 375 g/mol. The van der Waals surface area contributed by atoms with Gasteiger partial charge in [0.2, 0.25) is 0 Å². The third-order valence-electron chi connectivity index (χ3n) is 3.10. The van der Waals surface area contributed by atoms with E-state index in [1.165, 1.54) is 77.0 Å². The number of hydrogen-bond acceptors (Lipinski definition) is 0. The maximum atomic E-state index is 3.87. The number of hydrogen-bond donors (Lipinski definition) is 0. The van der Waals surface area contributed by atoms with Gasteiger partial charge in [-0.3, -0.25) is 0 Å². The van der Waals surface area contributed by atoms with Gasteiger partial charge in [0.15, 0.2) is 0 Å². The van der Waals surface area contributed by atoms with E-state index in [1.807, 2.05) is 0 Å². The molecule has 0 N–H and O–H groups in total. The van der Waals surface area contributed by atoms with Gasteiger partial charge in [-0.1, -0.05) is 84.0 Å². The minimum absolute atomic E-state index is 0. The Labute approximate surface area is 118 Å². The van der Waals surface area contributed by atoms with Crippen LogP contribution in [0.3, 0.4) is 0 Å². The van der Waals surface area contributed by atoms with E-state index in [2.05, 4.69) is 13.8 Å². The molecule has 0 unspecified atom stereocenters. The monoisotopic (exact) mass is 406 g/mol. The van der Waals surface area contributed by atoms with Crippen LogP contribution < -0.4 is 0 Å². The summed E-state index contributed by atoms with van der Waals surface area (Å²) in [5, 5.41) is 0. The second-order valence-electron chi connectivity index (χ2n) is 4.74. The second-order valence-corrected chi connectivity index (χ2v) is 4.74. The molecule has 0 rings (SSSR count). The molecule has 1 heteroatoms. The van der Waals surface area contributed by atoms with Gasteiger partial charge in [0, 0.05) is 21.1 Å². The summed E-state index contributed by atoms with van der Waals surface area (Å²) in [6, 6.07) is 0. The maximum absolute atomic E-state index is 3.87. The van der Waals surface area contributed by atoms with Gasteiger partial charge in [0.05, 0.1) is 0 Å². The van der Waals surface area contributed by atoms with Crippen molar-refractivity contribution in [2.75, 3.05) is 0 Å². The van der Waals surface area contributed by atoms with Crippen molar-refractivity contribution in [1.82, 2.24) is 0 Å². The number of unbranched alkanes of at least 4 members (excludes halogenated alkanes) is 12. The van der Waals surface area contributed by atoms with Crippen LogP contribution in [0.5, 0.6) is 0 Å². The van der Waals surface area contributed by atoms with E-state index in [0.29, 0.717) is 0 Å². The molecule has 0 aromatic carbocycles. The zero-order valence-electron chi connectivity index (χ0n) is 11.2. The van der Waals surface area contributed by atoms with E-state index in [4.69, 9.17) is 0 Å². The van der Waals surface area contributed by atoms with Crippen LogP contribution in [0.2, 0.25) is 0 Å². The van der Waals surface area contributed by atoms with Gasteiger partial charge in [-0.05, 0) is 0 Å². The van der Waals surface area contributed by atoms with Crippen molar-refractivity contribution in [3.63, 3.8) is 0 Å². The first-order chi connectivity index (χ1) is 7.41. The fourth-order valence-corrected chi connectivity index (χ4v) is 2.02. The number of rotatable bonds is 12. The Balaban J connectivity index is 0. The molecular formula is C15H31Pt-. The van der Waals surface area contributed by atoms with Crippen molar-refractivity contribution < 1.29 is 21.1 Å². The van der Waals surface area contributed by atoms with Gasteiger partial charge in [-0.25, -0.2) is 0 Å². The van der Waals surface area contributed by atoms with Gasteiger partial charge in [-0.2, -0.15) is 6.42 Å². The van der Waals surface area contributed by atoms with E-state index >= 15 is 0 Å². The van der Waals surface area contributed by atoms with E-state index in [9.17, 15) is 0 Å². The largest absolute Gasteiger partial charge is 0.343 e. The molecule has 16 heavy (non-hydrogen) atoms. The Kier molecular flexibility index (Phi) is 21.5. The Morgan fingerprint density at radius 2 is 0.875 bits per heavy atom. The predicted molar refractivity (Wildman–Crippen MR) is 71.1 cm³/mol. The van der Waals surface area contributed by atoms with Crippen LogP contribution in [0, 0.1) is 6.92 Å². The van der Waals surface area contributed by atoms with Crippen molar-refractivity contribution in [3.05, 3.63) is 6.92 Å². The summed E-state index contributed by atoms with van der Waals surface area (Å²) in [6.45, 7) is 6.15. The summed E-state index contributed by atoms with van der Waals surface area (Å²) in [5.74, 6) is 0. The van der Waals surface area contributed by atoms with Gasteiger partial charge in [-0.15, -0.1) is 0 Å². The molecule has 0 atom stereocenters. The maximum Gasteiger partial charge on any atom is 0 e. The molecule has 0 aromatic heterocycles. The van der Waals surface area contributed by atoms with Crippen LogP contribution in [0.1, 0.15) is 90.4 Å². The summed E-state index contributed by atoms with van der Waals surface area (Å²) in [4.78, 5) is 0. The molecule has 0 aliphatic heterocycles. The third-order valence-corrected chi connectivity index (χ3v) is 3.10.